The van der Waals surface area contributed by atoms with E-state index >= 15 is 0 Å². The fourth-order valence-corrected chi connectivity index (χ4v) is 2.10. The van der Waals surface area contributed by atoms with Crippen LogP contribution >= 0.6 is 0 Å². The lowest BCUT2D eigenvalue weighted by atomic mass is 10.3. The van der Waals surface area contributed by atoms with Crippen molar-refractivity contribution in [3.05, 3.63) is 59.9 Å². The first-order valence-electron chi connectivity index (χ1n) is 6.75. The number of anilines is 2. The molecule has 0 spiro atoms. The van der Waals surface area contributed by atoms with E-state index in [1.165, 1.54) is 29.2 Å². The Labute approximate surface area is 131 Å². The molecule has 0 aliphatic heterocycles. The Morgan fingerprint density at radius 1 is 1.26 bits per heavy atom. The number of carbonyl (C=O) groups excluding carboxylic acids is 1. The van der Waals surface area contributed by atoms with Gasteiger partial charge in [-0.05, 0) is 25.1 Å². The number of nitrogens with two attached hydrogens (primary N) is 1. The van der Waals surface area contributed by atoms with Gasteiger partial charge in [-0.25, -0.2) is 19.0 Å². The minimum Gasteiger partial charge on any atom is -0.382 e. The minimum absolute atomic E-state index is 0.0189. The molecule has 1 aromatic carbocycles. The molecule has 8 heteroatoms. The first kappa shape index (κ1) is 14.6. The summed E-state index contributed by atoms with van der Waals surface area (Å²) in [5.74, 6) is -0.539. The third kappa shape index (κ3) is 3.00. The van der Waals surface area contributed by atoms with E-state index in [1.54, 1.807) is 25.1 Å². The highest BCUT2D eigenvalue weighted by Crippen LogP contribution is 2.17. The number of aryl methyl sites for hydroxylation is 1. The van der Waals surface area contributed by atoms with Crippen LogP contribution in [0.5, 0.6) is 0 Å². The molecule has 0 atom stereocenters. The molecule has 0 aliphatic rings. The summed E-state index contributed by atoms with van der Waals surface area (Å²) >= 11 is 0. The zero-order valence-corrected chi connectivity index (χ0v) is 12.2. The van der Waals surface area contributed by atoms with Crippen molar-refractivity contribution < 1.29 is 9.18 Å². The lowest BCUT2D eigenvalue weighted by molar-refractivity contribution is 0.102. The number of nitrogens with one attached hydrogen (secondary N) is 1. The van der Waals surface area contributed by atoms with Crippen molar-refractivity contribution in [1.82, 2.24) is 19.7 Å². The normalized spacial score (nSPS) is 10.5. The zero-order valence-electron chi connectivity index (χ0n) is 12.2. The van der Waals surface area contributed by atoms with Gasteiger partial charge in [0.1, 0.15) is 5.82 Å². The number of hydrogen-bond donors (Lipinski definition) is 2. The molecule has 1 amide bonds. The van der Waals surface area contributed by atoms with E-state index in [0.29, 0.717) is 11.5 Å². The maximum atomic E-state index is 13.3. The number of benzene rings is 1. The molecular formula is C15H13FN6O. The van der Waals surface area contributed by atoms with Gasteiger partial charge < -0.3 is 11.1 Å². The van der Waals surface area contributed by atoms with Gasteiger partial charge in [0.15, 0.2) is 17.3 Å². The molecule has 3 rings (SSSR count). The van der Waals surface area contributed by atoms with Gasteiger partial charge in [0.25, 0.3) is 5.91 Å². The predicted molar refractivity (Wildman–Crippen MR) is 82.7 cm³/mol. The second-order valence-electron chi connectivity index (χ2n) is 4.81. The van der Waals surface area contributed by atoms with E-state index < -0.39 is 5.91 Å². The van der Waals surface area contributed by atoms with Gasteiger partial charge in [-0.15, -0.1) is 5.10 Å². The lowest BCUT2D eigenvalue weighted by Crippen LogP contribution is -2.17. The SMILES string of the molecule is Cc1cc(NC(=O)c2nccnc2N)nn1-c1cccc(F)c1. The standard InChI is InChI=1S/C15H13FN6O/c1-9-7-12(20-15(23)13-14(17)19-6-5-18-13)21-22(9)11-4-2-3-10(16)8-11/h2-8H,1H3,(H2,17,19)(H,20,21,23). The van der Waals surface area contributed by atoms with Crippen molar-refractivity contribution in [1.29, 1.82) is 0 Å². The number of nitrogen functional groups attached to an aromatic ring is 1. The minimum atomic E-state index is -0.514. The highest BCUT2D eigenvalue weighted by Gasteiger charge is 2.15. The molecule has 0 unspecified atom stereocenters. The van der Waals surface area contributed by atoms with Crippen molar-refractivity contribution in [2.45, 2.75) is 6.92 Å². The van der Waals surface area contributed by atoms with Crippen LogP contribution in [0.3, 0.4) is 0 Å². The second-order valence-corrected chi connectivity index (χ2v) is 4.81. The van der Waals surface area contributed by atoms with Crippen LogP contribution in [-0.2, 0) is 0 Å². The summed E-state index contributed by atoms with van der Waals surface area (Å²) in [5.41, 5.74) is 6.93. The number of rotatable bonds is 3. The number of carbonyl (C=O) groups is 1. The monoisotopic (exact) mass is 312 g/mol. The number of hydrogen-bond acceptors (Lipinski definition) is 5. The predicted octanol–water partition coefficient (Wildman–Crippen LogP) is 1.94. The van der Waals surface area contributed by atoms with Crippen LogP contribution in [-0.4, -0.2) is 25.7 Å². The summed E-state index contributed by atoms with van der Waals surface area (Å²) in [5, 5.41) is 6.84. The summed E-state index contributed by atoms with van der Waals surface area (Å²) in [6.45, 7) is 1.80. The van der Waals surface area contributed by atoms with Crippen molar-refractivity contribution in [3.63, 3.8) is 0 Å². The zero-order chi connectivity index (χ0) is 16.4. The summed E-state index contributed by atoms with van der Waals surface area (Å²) < 4.78 is 14.9. The Hall–Kier alpha value is -3.29. The molecule has 3 N–H and O–H groups in total. The maximum absolute atomic E-state index is 13.3. The van der Waals surface area contributed by atoms with Crippen LogP contribution in [0.4, 0.5) is 16.0 Å². The largest absolute Gasteiger partial charge is 0.382 e. The van der Waals surface area contributed by atoms with Crippen LogP contribution in [0.25, 0.3) is 5.69 Å². The molecular weight excluding hydrogens is 299 g/mol. The summed E-state index contributed by atoms with van der Waals surface area (Å²) in [6.07, 6.45) is 2.77. The van der Waals surface area contributed by atoms with Crippen LogP contribution in [0.1, 0.15) is 16.2 Å². The van der Waals surface area contributed by atoms with E-state index in [-0.39, 0.29) is 17.3 Å². The number of nitrogens with zero attached hydrogens (tertiary/aromatic N) is 4. The summed E-state index contributed by atoms with van der Waals surface area (Å²) in [4.78, 5) is 19.8. The molecule has 0 radical (unpaired) electrons. The van der Waals surface area contributed by atoms with Crippen molar-refractivity contribution in [2.24, 2.45) is 0 Å². The average molecular weight is 312 g/mol. The van der Waals surface area contributed by atoms with Gasteiger partial charge in [-0.1, -0.05) is 6.07 Å². The highest BCUT2D eigenvalue weighted by atomic mass is 19.1. The number of aromatic nitrogens is 4. The van der Waals surface area contributed by atoms with E-state index in [0.717, 1.165) is 5.69 Å². The van der Waals surface area contributed by atoms with Gasteiger partial charge in [-0.2, -0.15) is 0 Å². The smallest absolute Gasteiger partial charge is 0.279 e. The van der Waals surface area contributed by atoms with Crippen LogP contribution in [0, 0.1) is 12.7 Å². The topological polar surface area (TPSA) is 98.7 Å². The first-order chi connectivity index (χ1) is 11.0. The van der Waals surface area contributed by atoms with E-state index in [4.69, 9.17) is 5.73 Å². The Balaban J connectivity index is 1.87. The van der Waals surface area contributed by atoms with Gasteiger partial charge >= 0.3 is 0 Å². The molecule has 2 heterocycles. The molecule has 3 aromatic rings. The molecule has 7 nitrogen and oxygen atoms in total. The van der Waals surface area contributed by atoms with Crippen molar-refractivity contribution in [2.75, 3.05) is 11.1 Å². The highest BCUT2D eigenvalue weighted by molar-refractivity contribution is 6.05. The van der Waals surface area contributed by atoms with E-state index in [9.17, 15) is 9.18 Å². The quantitative estimate of drug-likeness (QED) is 0.770. The van der Waals surface area contributed by atoms with Crippen LogP contribution in [0.2, 0.25) is 0 Å². The van der Waals surface area contributed by atoms with Crippen LogP contribution in [0.15, 0.2) is 42.7 Å². The summed E-state index contributed by atoms with van der Waals surface area (Å²) in [6, 6.07) is 7.67. The van der Waals surface area contributed by atoms with Gasteiger partial charge in [-0.3, -0.25) is 4.79 Å². The Kier molecular flexibility index (Phi) is 3.71. The summed E-state index contributed by atoms with van der Waals surface area (Å²) in [7, 11) is 0. The molecule has 0 fully saturated rings. The molecule has 0 bridgehead atoms. The average Bonchev–Trinajstić information content (AvgIpc) is 2.88. The fraction of sp³-hybridized carbons (Fsp3) is 0.0667. The van der Waals surface area contributed by atoms with E-state index in [2.05, 4.69) is 20.4 Å². The molecule has 2 aromatic heterocycles. The van der Waals surface area contributed by atoms with E-state index in [1.807, 2.05) is 0 Å². The Morgan fingerprint density at radius 3 is 2.78 bits per heavy atom. The maximum Gasteiger partial charge on any atom is 0.279 e. The Bertz CT molecular complexity index is 876. The fourth-order valence-electron chi connectivity index (χ4n) is 2.10. The first-order valence-corrected chi connectivity index (χ1v) is 6.75. The molecule has 0 aliphatic carbocycles. The van der Waals surface area contributed by atoms with Crippen molar-refractivity contribution >= 4 is 17.5 Å². The van der Waals surface area contributed by atoms with Crippen molar-refractivity contribution in [3.8, 4) is 5.69 Å². The molecule has 0 saturated carbocycles. The second kappa shape index (κ2) is 5.84. The number of halogens is 1. The molecule has 116 valence electrons. The molecule has 23 heavy (non-hydrogen) atoms. The molecule has 0 saturated heterocycles. The van der Waals surface area contributed by atoms with Crippen LogP contribution < -0.4 is 11.1 Å². The van der Waals surface area contributed by atoms with Gasteiger partial charge in [0.05, 0.1) is 5.69 Å². The number of amides is 1. The lowest BCUT2D eigenvalue weighted by Gasteiger charge is -2.04. The van der Waals surface area contributed by atoms with Gasteiger partial charge in [0.2, 0.25) is 0 Å². The third-order valence-electron chi connectivity index (χ3n) is 3.12. The van der Waals surface area contributed by atoms with Gasteiger partial charge in [0, 0.05) is 24.2 Å². The third-order valence-corrected chi connectivity index (χ3v) is 3.12. The Morgan fingerprint density at radius 2 is 2.04 bits per heavy atom.